The Bertz CT molecular complexity index is 575. The average molecular weight is 313 g/mol. The van der Waals surface area contributed by atoms with Gasteiger partial charge in [0.2, 0.25) is 10.0 Å². The highest BCUT2D eigenvalue weighted by Crippen LogP contribution is 2.29. The molecule has 0 atom stereocenters. The lowest BCUT2D eigenvalue weighted by molar-refractivity contribution is -0.119. The van der Waals surface area contributed by atoms with Crippen LogP contribution in [0.5, 0.6) is 0 Å². The summed E-state index contributed by atoms with van der Waals surface area (Å²) in [6.07, 6.45) is -4.53. The highest BCUT2D eigenvalue weighted by atomic mass is 32.2. The molecule has 5 N–H and O–H groups in total. The third-order valence-electron chi connectivity index (χ3n) is 2.41. The minimum atomic E-state index is -4.53. The molecule has 6 nitrogen and oxygen atoms in total. The van der Waals surface area contributed by atoms with Gasteiger partial charge in [-0.3, -0.25) is 0 Å². The van der Waals surface area contributed by atoms with Gasteiger partial charge >= 0.3 is 6.18 Å². The molecule has 0 radical (unpaired) electrons. The number of nitrogen functional groups attached to an aromatic ring is 1. The maximum atomic E-state index is 12.5. The average Bonchev–Trinajstić information content (AvgIpc) is 2.25. The first-order chi connectivity index (χ1) is 9.04. The number of nitrogens with two attached hydrogens (primary N) is 2. The van der Waals surface area contributed by atoms with Gasteiger partial charge < -0.3 is 15.7 Å². The van der Waals surface area contributed by atoms with E-state index in [2.05, 4.69) is 0 Å². The van der Waals surface area contributed by atoms with Gasteiger partial charge in [0.25, 0.3) is 0 Å². The van der Waals surface area contributed by atoms with E-state index in [9.17, 15) is 21.6 Å². The van der Waals surface area contributed by atoms with E-state index in [0.717, 1.165) is 23.1 Å². The summed E-state index contributed by atoms with van der Waals surface area (Å²) in [6.45, 7) is -2.27. The fourth-order valence-electron chi connectivity index (χ4n) is 1.60. The van der Waals surface area contributed by atoms with Crippen molar-refractivity contribution < 1.29 is 26.7 Å². The molecular formula is C10H14F3N3O3S. The van der Waals surface area contributed by atoms with Crippen LogP contribution in [0.3, 0.4) is 0 Å². The number of halogens is 3. The van der Waals surface area contributed by atoms with Crippen LogP contribution in [0.1, 0.15) is 0 Å². The number of nitrogens with zero attached hydrogens (tertiary/aromatic N) is 1. The predicted molar refractivity (Wildman–Crippen MR) is 67.6 cm³/mol. The molecule has 0 fully saturated rings. The van der Waals surface area contributed by atoms with Crippen molar-refractivity contribution in [3.8, 4) is 0 Å². The van der Waals surface area contributed by atoms with Gasteiger partial charge in [-0.1, -0.05) is 0 Å². The van der Waals surface area contributed by atoms with Gasteiger partial charge in [0.05, 0.1) is 22.9 Å². The van der Waals surface area contributed by atoms with Gasteiger partial charge in [-0.05, 0) is 18.2 Å². The van der Waals surface area contributed by atoms with Crippen molar-refractivity contribution in [2.45, 2.75) is 11.1 Å². The first kappa shape index (κ1) is 16.5. The summed E-state index contributed by atoms with van der Waals surface area (Å²) in [4.78, 5) is 0.385. The van der Waals surface area contributed by atoms with Crippen molar-refractivity contribution in [2.24, 2.45) is 5.14 Å². The minimum Gasteiger partial charge on any atom is -0.397 e. The molecule has 1 aromatic carbocycles. The SMILES string of the molecule is Nc1ccc(S(N)(=O)=O)cc1N(CCO)CC(F)(F)F. The molecule has 0 aromatic heterocycles. The Morgan fingerprint density at radius 3 is 2.35 bits per heavy atom. The van der Waals surface area contributed by atoms with E-state index in [4.69, 9.17) is 16.0 Å². The van der Waals surface area contributed by atoms with E-state index in [1.54, 1.807) is 0 Å². The van der Waals surface area contributed by atoms with Crippen molar-refractivity contribution in [2.75, 3.05) is 30.3 Å². The number of anilines is 2. The molecule has 1 rings (SSSR count). The smallest absolute Gasteiger partial charge is 0.397 e. The largest absolute Gasteiger partial charge is 0.405 e. The second kappa shape index (κ2) is 5.85. The van der Waals surface area contributed by atoms with Crippen molar-refractivity contribution in [1.29, 1.82) is 0 Å². The molecule has 0 heterocycles. The highest BCUT2D eigenvalue weighted by molar-refractivity contribution is 7.89. The number of sulfonamides is 1. The lowest BCUT2D eigenvalue weighted by Gasteiger charge is -2.26. The number of aliphatic hydroxyl groups excluding tert-OH is 1. The fraction of sp³-hybridized carbons (Fsp3) is 0.400. The Hall–Kier alpha value is -1.52. The quantitative estimate of drug-likeness (QED) is 0.676. The van der Waals surface area contributed by atoms with Crippen LogP contribution in [0.15, 0.2) is 23.1 Å². The summed E-state index contributed by atoms with van der Waals surface area (Å²) in [6, 6.07) is 3.20. The molecular weight excluding hydrogens is 299 g/mol. The zero-order valence-corrected chi connectivity index (χ0v) is 11.1. The summed E-state index contributed by atoms with van der Waals surface area (Å²) in [5.74, 6) is 0. The van der Waals surface area contributed by atoms with Crippen LogP contribution in [0.25, 0.3) is 0 Å². The zero-order valence-electron chi connectivity index (χ0n) is 10.3. The van der Waals surface area contributed by atoms with Gasteiger partial charge in [0, 0.05) is 6.54 Å². The molecule has 0 spiro atoms. The molecule has 1 aromatic rings. The number of hydrogen-bond acceptors (Lipinski definition) is 5. The van der Waals surface area contributed by atoms with E-state index in [1.807, 2.05) is 0 Å². The molecule has 0 aliphatic heterocycles. The van der Waals surface area contributed by atoms with Gasteiger partial charge in [0.1, 0.15) is 6.54 Å². The summed E-state index contributed by atoms with van der Waals surface area (Å²) >= 11 is 0. The predicted octanol–water partition coefficient (Wildman–Crippen LogP) is 0.277. The Kier molecular flexibility index (Phi) is 4.84. The topological polar surface area (TPSA) is 110 Å². The van der Waals surface area contributed by atoms with E-state index in [1.165, 1.54) is 0 Å². The van der Waals surface area contributed by atoms with Crippen LogP contribution in [0.2, 0.25) is 0 Å². The Morgan fingerprint density at radius 1 is 1.30 bits per heavy atom. The summed E-state index contributed by atoms with van der Waals surface area (Å²) < 4.78 is 59.8. The first-order valence-corrected chi connectivity index (χ1v) is 6.94. The molecule has 0 bridgehead atoms. The third-order valence-corrected chi connectivity index (χ3v) is 3.32. The third kappa shape index (κ3) is 4.54. The number of primary sulfonamides is 1. The summed E-state index contributed by atoms with van der Waals surface area (Å²) in [7, 11) is -4.06. The summed E-state index contributed by atoms with van der Waals surface area (Å²) in [5, 5.41) is 13.7. The molecule has 0 unspecified atom stereocenters. The second-order valence-corrected chi connectivity index (χ2v) is 5.59. The fourth-order valence-corrected chi connectivity index (χ4v) is 2.13. The van der Waals surface area contributed by atoms with E-state index in [-0.39, 0.29) is 22.8 Å². The van der Waals surface area contributed by atoms with Crippen LogP contribution >= 0.6 is 0 Å². The van der Waals surface area contributed by atoms with Crippen molar-refractivity contribution in [1.82, 2.24) is 0 Å². The van der Waals surface area contributed by atoms with Crippen LogP contribution in [-0.4, -0.2) is 39.4 Å². The maximum absolute atomic E-state index is 12.5. The second-order valence-electron chi connectivity index (χ2n) is 4.03. The molecule has 0 aliphatic rings. The van der Waals surface area contributed by atoms with Gasteiger partial charge in [-0.2, -0.15) is 13.2 Å². The minimum absolute atomic E-state index is 0.0462. The molecule has 0 amide bonds. The summed E-state index contributed by atoms with van der Waals surface area (Å²) in [5.41, 5.74) is 5.36. The lowest BCUT2D eigenvalue weighted by Crippen LogP contribution is -2.36. The Labute approximate surface area is 113 Å². The standard InChI is InChI=1S/C10H14F3N3O3S/c11-10(12,13)6-16(3-4-17)9-5-7(20(15,18)19)1-2-8(9)14/h1-2,5,17H,3-4,6,14H2,(H2,15,18,19). The maximum Gasteiger partial charge on any atom is 0.405 e. The van der Waals surface area contributed by atoms with E-state index < -0.39 is 29.4 Å². The molecule has 114 valence electrons. The van der Waals surface area contributed by atoms with Crippen LogP contribution in [0, 0.1) is 0 Å². The van der Waals surface area contributed by atoms with Gasteiger partial charge in [-0.15, -0.1) is 0 Å². The van der Waals surface area contributed by atoms with Crippen molar-refractivity contribution in [3.05, 3.63) is 18.2 Å². The molecule has 0 saturated heterocycles. The van der Waals surface area contributed by atoms with Crippen LogP contribution in [-0.2, 0) is 10.0 Å². The van der Waals surface area contributed by atoms with Gasteiger partial charge in [-0.25, -0.2) is 13.6 Å². The monoisotopic (exact) mass is 313 g/mol. The number of alkyl halides is 3. The Balaban J connectivity index is 3.25. The molecule has 20 heavy (non-hydrogen) atoms. The van der Waals surface area contributed by atoms with Gasteiger partial charge in [0.15, 0.2) is 0 Å². The van der Waals surface area contributed by atoms with Crippen molar-refractivity contribution >= 4 is 21.4 Å². The van der Waals surface area contributed by atoms with Crippen LogP contribution in [0.4, 0.5) is 24.5 Å². The molecule has 0 aliphatic carbocycles. The number of hydrogen-bond donors (Lipinski definition) is 3. The number of aliphatic hydroxyl groups is 1. The van der Waals surface area contributed by atoms with Crippen LogP contribution < -0.4 is 15.8 Å². The first-order valence-electron chi connectivity index (χ1n) is 5.39. The molecule has 10 heteroatoms. The molecule has 0 saturated carbocycles. The highest BCUT2D eigenvalue weighted by Gasteiger charge is 2.31. The van der Waals surface area contributed by atoms with Crippen molar-refractivity contribution in [3.63, 3.8) is 0 Å². The lowest BCUT2D eigenvalue weighted by atomic mass is 10.2. The Morgan fingerprint density at radius 2 is 1.90 bits per heavy atom. The zero-order chi connectivity index (χ0) is 15.6. The van der Waals surface area contributed by atoms with E-state index in [0.29, 0.717) is 0 Å². The number of rotatable bonds is 5. The van der Waals surface area contributed by atoms with E-state index >= 15 is 0 Å². The normalized spacial score (nSPS) is 12.4. The number of benzene rings is 1.